The van der Waals surface area contributed by atoms with Crippen LogP contribution in [0, 0.1) is 0 Å². The van der Waals surface area contributed by atoms with Gasteiger partial charge in [0.05, 0.1) is 0 Å². The summed E-state index contributed by atoms with van der Waals surface area (Å²) < 4.78 is 0. The van der Waals surface area contributed by atoms with E-state index in [2.05, 4.69) is 81.1 Å². The second-order valence-electron chi connectivity index (χ2n) is 3.30. The fourth-order valence-electron chi connectivity index (χ4n) is 0.651. The largest absolute Gasteiger partial charge is 0.326 e. The van der Waals surface area contributed by atoms with E-state index >= 15 is 0 Å². The summed E-state index contributed by atoms with van der Waals surface area (Å²) in [5, 5.41) is 0. The highest BCUT2D eigenvalue weighted by Gasteiger charge is 2.00. The SMILES string of the molecule is C=C=C=C=C=C=C=C=C=C=C=C=C=C=C[C@H](N)[C@H](C)N. The third kappa shape index (κ3) is 11.3. The molecule has 0 spiro atoms. The second kappa shape index (κ2) is 12.3. The van der Waals surface area contributed by atoms with E-state index in [0.29, 0.717) is 0 Å². The van der Waals surface area contributed by atoms with Crippen molar-refractivity contribution in [2.24, 2.45) is 11.5 Å². The quantitative estimate of drug-likeness (QED) is 0.741. The Kier molecular flexibility index (Phi) is 10.3. The Morgan fingerprint density at radius 2 is 1.15 bits per heavy atom. The molecule has 2 heteroatoms. The Morgan fingerprint density at radius 3 is 1.55 bits per heavy atom. The molecular formula is C18H12N2. The minimum Gasteiger partial charge on any atom is -0.326 e. The van der Waals surface area contributed by atoms with E-state index in [1.54, 1.807) is 6.08 Å². The third-order valence-corrected chi connectivity index (χ3v) is 1.67. The third-order valence-electron chi connectivity index (χ3n) is 1.67. The molecule has 0 aliphatic carbocycles. The van der Waals surface area contributed by atoms with Crippen molar-refractivity contribution in [3.63, 3.8) is 0 Å². The predicted molar refractivity (Wildman–Crippen MR) is 77.5 cm³/mol. The van der Waals surface area contributed by atoms with Gasteiger partial charge < -0.3 is 11.5 Å². The lowest BCUT2D eigenvalue weighted by atomic mass is 10.2. The van der Waals surface area contributed by atoms with Gasteiger partial charge in [-0.2, -0.15) is 0 Å². The molecule has 2 atom stereocenters. The van der Waals surface area contributed by atoms with E-state index in [9.17, 15) is 0 Å². The van der Waals surface area contributed by atoms with E-state index in [-0.39, 0.29) is 12.1 Å². The second-order valence-corrected chi connectivity index (χ2v) is 3.30. The highest BCUT2D eigenvalue weighted by Crippen LogP contribution is 1.84. The highest BCUT2D eigenvalue weighted by molar-refractivity contribution is 4.97. The monoisotopic (exact) mass is 256 g/mol. The van der Waals surface area contributed by atoms with Crippen LogP contribution in [-0.4, -0.2) is 12.1 Å². The predicted octanol–water partition coefficient (Wildman–Crippen LogP) is 1.86. The fraction of sp³-hybridized carbons (Fsp3) is 0.167. The first-order valence-corrected chi connectivity index (χ1v) is 5.55. The molecule has 0 aromatic rings. The van der Waals surface area contributed by atoms with E-state index < -0.39 is 0 Å². The average Bonchev–Trinajstić information content (AvgIpc) is 2.43. The van der Waals surface area contributed by atoms with Gasteiger partial charge in [0.25, 0.3) is 0 Å². The zero-order chi connectivity index (χ0) is 15.1. The van der Waals surface area contributed by atoms with Crippen molar-refractivity contribution >= 4 is 0 Å². The van der Waals surface area contributed by atoms with Gasteiger partial charge in [0.2, 0.25) is 0 Å². The topological polar surface area (TPSA) is 52.0 Å². The van der Waals surface area contributed by atoms with Gasteiger partial charge in [0, 0.05) is 12.1 Å². The van der Waals surface area contributed by atoms with Gasteiger partial charge in [-0.25, -0.2) is 0 Å². The zero-order valence-corrected chi connectivity index (χ0v) is 11.1. The molecule has 0 fully saturated rings. The number of rotatable bonds is 2. The standard InChI is InChI=1S/C18H12N2/c1-3-4-5-6-7-8-9-10-11-12-13-14-15-16-18(20)17(2)19/h16-18H,1,19-20H2,2H3/t17-,18-/m0/s1. The van der Waals surface area contributed by atoms with Crippen LogP contribution in [0.25, 0.3) is 0 Å². The molecule has 2 nitrogen and oxygen atoms in total. The molecule has 0 rings (SSSR count). The van der Waals surface area contributed by atoms with E-state index in [4.69, 9.17) is 11.5 Å². The normalized spacial score (nSPS) is 8.95. The molecule has 0 unspecified atom stereocenters. The van der Waals surface area contributed by atoms with Crippen molar-refractivity contribution in [3.05, 3.63) is 87.2 Å². The van der Waals surface area contributed by atoms with Crippen molar-refractivity contribution in [2.75, 3.05) is 0 Å². The Labute approximate surface area is 118 Å². The van der Waals surface area contributed by atoms with Crippen molar-refractivity contribution < 1.29 is 0 Å². The van der Waals surface area contributed by atoms with Crippen LogP contribution in [0.15, 0.2) is 87.2 Å². The lowest BCUT2D eigenvalue weighted by Crippen LogP contribution is -2.36. The van der Waals surface area contributed by atoms with Gasteiger partial charge in [-0.15, -0.1) is 0 Å². The van der Waals surface area contributed by atoms with E-state index in [1.807, 2.05) is 6.92 Å². The number of hydrogen-bond donors (Lipinski definition) is 2. The average molecular weight is 256 g/mol. The molecule has 20 heavy (non-hydrogen) atoms. The molecule has 0 aromatic carbocycles. The summed E-state index contributed by atoms with van der Waals surface area (Å²) in [6.07, 6.45) is 1.60. The Bertz CT molecular complexity index is 820. The molecule has 0 saturated heterocycles. The Hall–Kier alpha value is -3.20. The van der Waals surface area contributed by atoms with Crippen LogP contribution in [0.1, 0.15) is 6.92 Å². The molecule has 0 bridgehead atoms. The summed E-state index contributed by atoms with van der Waals surface area (Å²) in [6, 6.07) is -0.399. The molecule has 0 aromatic heterocycles. The van der Waals surface area contributed by atoms with Crippen LogP contribution in [0.4, 0.5) is 0 Å². The Balaban J connectivity index is 5.38. The van der Waals surface area contributed by atoms with Crippen LogP contribution in [0.2, 0.25) is 0 Å². The molecule has 0 aliphatic rings. The lowest BCUT2D eigenvalue weighted by Gasteiger charge is -2.07. The highest BCUT2D eigenvalue weighted by atomic mass is 14.7. The van der Waals surface area contributed by atoms with Crippen molar-refractivity contribution in [1.82, 2.24) is 0 Å². The van der Waals surface area contributed by atoms with Gasteiger partial charge in [-0.3, -0.25) is 0 Å². The first kappa shape index (κ1) is 16.8. The summed E-state index contributed by atoms with van der Waals surface area (Å²) in [6.45, 7) is 5.11. The summed E-state index contributed by atoms with van der Waals surface area (Å²) in [7, 11) is 0. The van der Waals surface area contributed by atoms with Crippen molar-refractivity contribution in [1.29, 1.82) is 0 Å². The smallest absolute Gasteiger partial charge is 0.0457 e. The van der Waals surface area contributed by atoms with Crippen LogP contribution < -0.4 is 11.5 Å². The van der Waals surface area contributed by atoms with Gasteiger partial charge in [-0.05, 0) is 82.6 Å². The van der Waals surface area contributed by atoms with Crippen LogP contribution in [-0.2, 0) is 0 Å². The Morgan fingerprint density at radius 1 is 0.750 bits per heavy atom. The molecule has 0 amide bonds. The van der Waals surface area contributed by atoms with Crippen molar-refractivity contribution in [3.8, 4) is 0 Å². The van der Waals surface area contributed by atoms with Gasteiger partial charge in [-0.1, -0.05) is 11.5 Å². The summed E-state index contributed by atoms with van der Waals surface area (Å²) in [5.41, 5.74) is 43.9. The molecule has 0 saturated carbocycles. The summed E-state index contributed by atoms with van der Waals surface area (Å²) in [4.78, 5) is 0. The fourth-order valence-corrected chi connectivity index (χ4v) is 0.651. The lowest BCUT2D eigenvalue weighted by molar-refractivity contribution is 0.651. The molecule has 0 radical (unpaired) electrons. The molecule has 4 N–H and O–H groups in total. The maximum atomic E-state index is 5.65. The number of hydrogen-bond acceptors (Lipinski definition) is 2. The van der Waals surface area contributed by atoms with Crippen LogP contribution in [0.5, 0.6) is 0 Å². The number of nitrogens with two attached hydrogens (primary N) is 2. The zero-order valence-electron chi connectivity index (χ0n) is 11.1. The molecular weight excluding hydrogens is 244 g/mol. The van der Waals surface area contributed by atoms with Crippen LogP contribution >= 0.6 is 0 Å². The van der Waals surface area contributed by atoms with Gasteiger partial charge in [0.15, 0.2) is 0 Å². The maximum absolute atomic E-state index is 5.65. The molecule has 94 valence electrons. The minimum absolute atomic E-state index is 0.137. The minimum atomic E-state index is -0.262. The summed E-state index contributed by atoms with van der Waals surface area (Å²) >= 11 is 0. The maximum Gasteiger partial charge on any atom is 0.0457 e. The molecule has 0 heterocycles. The molecule has 0 aliphatic heterocycles. The van der Waals surface area contributed by atoms with Crippen LogP contribution in [0.3, 0.4) is 0 Å². The first-order chi connectivity index (χ1) is 9.68. The first-order valence-electron chi connectivity index (χ1n) is 5.55. The van der Waals surface area contributed by atoms with Gasteiger partial charge in [0.1, 0.15) is 0 Å². The van der Waals surface area contributed by atoms with Crippen molar-refractivity contribution in [2.45, 2.75) is 19.0 Å². The summed E-state index contributed by atoms with van der Waals surface area (Å²) in [5.74, 6) is 0. The van der Waals surface area contributed by atoms with Gasteiger partial charge >= 0.3 is 0 Å². The van der Waals surface area contributed by atoms with E-state index in [0.717, 1.165) is 0 Å². The van der Waals surface area contributed by atoms with E-state index in [1.165, 1.54) is 0 Å².